The highest BCUT2D eigenvalue weighted by Gasteiger charge is 2.18. The summed E-state index contributed by atoms with van der Waals surface area (Å²) >= 11 is 0. The molecule has 0 aromatic heterocycles. The molecule has 4 N–H and O–H groups in total. The van der Waals surface area contributed by atoms with Gasteiger partial charge in [-0.2, -0.15) is 0 Å². The topological polar surface area (TPSA) is 142 Å². The number of ketones is 1. The fourth-order valence-corrected chi connectivity index (χ4v) is 1.90. The molecular weight excluding hydrogens is 344 g/mol. The summed E-state index contributed by atoms with van der Waals surface area (Å²) in [5.74, 6) is -0.308. The van der Waals surface area contributed by atoms with Crippen molar-refractivity contribution in [2.45, 2.75) is 0 Å². The molecule has 0 saturated heterocycles. The van der Waals surface area contributed by atoms with Gasteiger partial charge in [-0.3, -0.25) is 4.79 Å². The van der Waals surface area contributed by atoms with Gasteiger partial charge in [-0.1, -0.05) is 0 Å². The van der Waals surface area contributed by atoms with Crippen LogP contribution in [0.1, 0.15) is 31.1 Å². The Bertz CT molecular complexity index is 888. The lowest BCUT2D eigenvalue weighted by Crippen LogP contribution is -2.10. The number of carbonyl (C=O) groups is 3. The third-order valence-electron chi connectivity index (χ3n) is 3.14. The van der Waals surface area contributed by atoms with Crippen LogP contribution in [0.3, 0.4) is 0 Å². The summed E-state index contributed by atoms with van der Waals surface area (Å²) in [6, 6.07) is 9.72. The maximum atomic E-state index is 12.0. The lowest BCUT2D eigenvalue weighted by Gasteiger charge is -2.03. The second-order valence-electron chi connectivity index (χ2n) is 4.70. The smallest absolute Gasteiger partial charge is 0.336 e. The molecule has 0 radical (unpaired) electrons. The normalized spacial score (nSPS) is 9.12. The highest BCUT2D eigenvalue weighted by Crippen LogP contribution is 2.17. The standard InChI is InChI=1S/C18H12O7.H2O/c1-24-12-3-5-13(6-4-12)25-9-8-16(19)11-2-7-14(17(20)21)15(10-11)18(22)23;/h2-7,10H,1H3,(H,20,21)(H,22,23);1H2. The molecule has 8 heteroatoms. The fraction of sp³-hybridized carbons (Fsp3) is 0.0556. The number of hydrogen-bond acceptors (Lipinski definition) is 5. The Balaban J connectivity index is 0.00000338. The van der Waals surface area contributed by atoms with Gasteiger partial charge >= 0.3 is 11.9 Å². The van der Waals surface area contributed by atoms with Crippen LogP contribution in [0, 0.1) is 12.0 Å². The van der Waals surface area contributed by atoms with E-state index in [1.807, 2.05) is 0 Å². The van der Waals surface area contributed by atoms with E-state index in [0.717, 1.165) is 12.1 Å². The summed E-state index contributed by atoms with van der Waals surface area (Å²) in [7, 11) is 1.52. The summed E-state index contributed by atoms with van der Waals surface area (Å²) in [4.78, 5) is 34.1. The summed E-state index contributed by atoms with van der Waals surface area (Å²) < 4.78 is 10.1. The highest BCUT2D eigenvalue weighted by atomic mass is 16.5. The number of carboxylic acid groups (broad SMARTS) is 2. The molecule has 0 unspecified atom stereocenters. The van der Waals surface area contributed by atoms with Crippen LogP contribution in [-0.2, 0) is 0 Å². The van der Waals surface area contributed by atoms with Crippen LogP contribution in [0.4, 0.5) is 0 Å². The zero-order chi connectivity index (χ0) is 18.4. The predicted molar refractivity (Wildman–Crippen MR) is 89.7 cm³/mol. The molecule has 0 aliphatic rings. The van der Waals surface area contributed by atoms with Crippen LogP contribution < -0.4 is 9.47 Å². The van der Waals surface area contributed by atoms with Crippen molar-refractivity contribution in [2.24, 2.45) is 0 Å². The third kappa shape index (κ3) is 4.83. The summed E-state index contributed by atoms with van der Waals surface area (Å²) in [6.07, 6.45) is 2.22. The van der Waals surface area contributed by atoms with Gasteiger partial charge in [-0.25, -0.2) is 9.59 Å². The molecule has 0 atom stereocenters. The van der Waals surface area contributed by atoms with Gasteiger partial charge in [-0.15, -0.1) is 0 Å². The monoisotopic (exact) mass is 358 g/mol. The minimum atomic E-state index is -1.45. The van der Waals surface area contributed by atoms with Crippen LogP contribution in [0.5, 0.6) is 11.5 Å². The second-order valence-corrected chi connectivity index (χ2v) is 4.70. The van der Waals surface area contributed by atoms with Gasteiger partial charge in [-0.05, 0) is 42.5 Å². The zero-order valence-corrected chi connectivity index (χ0v) is 13.5. The fourth-order valence-electron chi connectivity index (χ4n) is 1.90. The minimum Gasteiger partial charge on any atom is -0.497 e. The Morgan fingerprint density at radius 2 is 1.46 bits per heavy atom. The van der Waals surface area contributed by atoms with Crippen molar-refractivity contribution in [3.05, 3.63) is 59.2 Å². The summed E-state index contributed by atoms with van der Waals surface area (Å²) in [6.45, 7) is 0. The van der Waals surface area contributed by atoms with Gasteiger partial charge in [0.25, 0.3) is 0 Å². The molecule has 0 saturated carbocycles. The van der Waals surface area contributed by atoms with E-state index in [-0.39, 0.29) is 11.0 Å². The van der Waals surface area contributed by atoms with Crippen molar-refractivity contribution >= 4 is 17.7 Å². The highest BCUT2D eigenvalue weighted by molar-refractivity contribution is 6.11. The Hall–Kier alpha value is -3.83. The van der Waals surface area contributed by atoms with Crippen molar-refractivity contribution in [1.29, 1.82) is 0 Å². The molecule has 134 valence electrons. The van der Waals surface area contributed by atoms with E-state index >= 15 is 0 Å². The number of Topliss-reactive ketones (excluding diaryl/α,β-unsaturated/α-hetero) is 1. The Kier molecular flexibility index (Phi) is 6.89. The third-order valence-corrected chi connectivity index (χ3v) is 3.14. The van der Waals surface area contributed by atoms with Crippen LogP contribution in [-0.4, -0.2) is 40.5 Å². The molecule has 2 aromatic rings. The molecule has 0 aliphatic carbocycles. The summed E-state index contributed by atoms with van der Waals surface area (Å²) in [5.41, 5.74) is -0.948. The van der Waals surface area contributed by atoms with Crippen LogP contribution in [0.2, 0.25) is 0 Å². The van der Waals surface area contributed by atoms with Crippen LogP contribution in [0.15, 0.2) is 42.5 Å². The molecule has 0 spiro atoms. The lowest BCUT2D eigenvalue weighted by molar-refractivity contribution is 0.0651. The maximum absolute atomic E-state index is 12.0. The molecular formula is C18H14O8. The number of carbonyl (C=O) groups excluding carboxylic acids is 1. The first-order valence-corrected chi connectivity index (χ1v) is 6.89. The largest absolute Gasteiger partial charge is 0.497 e. The van der Waals surface area contributed by atoms with E-state index < -0.39 is 28.8 Å². The van der Waals surface area contributed by atoms with Crippen molar-refractivity contribution in [2.75, 3.05) is 7.11 Å². The van der Waals surface area contributed by atoms with Gasteiger partial charge in [0, 0.05) is 11.5 Å². The van der Waals surface area contributed by atoms with E-state index in [1.54, 1.807) is 24.3 Å². The number of carboxylic acids is 2. The predicted octanol–water partition coefficient (Wildman–Crippen LogP) is 1.49. The van der Waals surface area contributed by atoms with Crippen LogP contribution in [0.25, 0.3) is 0 Å². The van der Waals surface area contributed by atoms with Crippen molar-refractivity contribution in [3.63, 3.8) is 0 Å². The molecule has 0 fully saturated rings. The van der Waals surface area contributed by atoms with Gasteiger partial charge in [0.2, 0.25) is 5.78 Å². The zero-order valence-electron chi connectivity index (χ0n) is 13.5. The van der Waals surface area contributed by atoms with Crippen molar-refractivity contribution in [1.82, 2.24) is 0 Å². The second kappa shape index (κ2) is 8.86. The van der Waals surface area contributed by atoms with E-state index in [2.05, 4.69) is 12.0 Å². The lowest BCUT2D eigenvalue weighted by atomic mass is 10.0. The number of rotatable bonds is 5. The van der Waals surface area contributed by atoms with Gasteiger partial charge in [0.1, 0.15) is 17.6 Å². The number of ether oxygens (including phenoxy) is 2. The molecule has 8 nitrogen and oxygen atoms in total. The number of benzene rings is 2. The first-order chi connectivity index (χ1) is 11.9. The first kappa shape index (κ1) is 20.2. The Labute approximate surface area is 147 Å². The molecule has 2 aromatic carbocycles. The number of methoxy groups -OCH3 is 1. The average Bonchev–Trinajstić information content (AvgIpc) is 2.61. The van der Waals surface area contributed by atoms with Crippen LogP contribution >= 0.6 is 0 Å². The molecule has 2 rings (SSSR count). The first-order valence-electron chi connectivity index (χ1n) is 6.89. The molecule has 26 heavy (non-hydrogen) atoms. The summed E-state index contributed by atoms with van der Waals surface area (Å²) in [5, 5.41) is 18.0. The molecule has 0 aliphatic heterocycles. The van der Waals surface area contributed by atoms with Gasteiger partial charge in [0.05, 0.1) is 18.2 Å². The minimum absolute atomic E-state index is 0. The Morgan fingerprint density at radius 1 is 0.885 bits per heavy atom. The number of hydrogen-bond donors (Lipinski definition) is 2. The van der Waals surface area contributed by atoms with E-state index in [1.165, 1.54) is 13.2 Å². The maximum Gasteiger partial charge on any atom is 0.336 e. The number of aromatic carboxylic acids is 2. The van der Waals surface area contributed by atoms with E-state index in [0.29, 0.717) is 11.5 Å². The SMILES string of the molecule is COc1ccc(OC#CC(=O)c2ccc(C(=O)O)c(C(=O)O)c2)cc1.O. The van der Waals surface area contributed by atoms with Crippen molar-refractivity contribution < 1.29 is 39.5 Å². The van der Waals surface area contributed by atoms with Crippen molar-refractivity contribution in [3.8, 4) is 23.5 Å². The molecule has 0 heterocycles. The van der Waals surface area contributed by atoms with Gasteiger partial charge in [0.15, 0.2) is 0 Å². The Morgan fingerprint density at radius 3 is 2.00 bits per heavy atom. The van der Waals surface area contributed by atoms with E-state index in [9.17, 15) is 14.4 Å². The van der Waals surface area contributed by atoms with E-state index in [4.69, 9.17) is 19.7 Å². The molecule has 0 bridgehead atoms. The molecule has 0 amide bonds. The average molecular weight is 358 g/mol. The van der Waals surface area contributed by atoms with Gasteiger partial charge < -0.3 is 25.2 Å². The quantitative estimate of drug-likeness (QED) is 0.609.